The van der Waals surface area contributed by atoms with Crippen LogP contribution in [-0.4, -0.2) is 21.7 Å². The van der Waals surface area contributed by atoms with Gasteiger partial charge in [0.1, 0.15) is 5.82 Å². The first kappa shape index (κ1) is 17.5. The number of imidazole rings is 1. The molecule has 0 unspecified atom stereocenters. The number of carbonyl (C=O) groups excluding carboxylic acids is 1. The lowest BCUT2D eigenvalue weighted by Gasteiger charge is -2.03. The highest BCUT2D eigenvalue weighted by Gasteiger charge is 2.10. The second-order valence-corrected chi connectivity index (χ2v) is 6.32. The molecule has 25 heavy (non-hydrogen) atoms. The number of carbonyl (C=O) groups is 1. The number of fused-ring (bicyclic) bond motifs is 1. The second-order valence-electron chi connectivity index (χ2n) is 5.47. The molecule has 0 aliphatic rings. The number of benzene rings is 2. The molecule has 0 spiro atoms. The van der Waals surface area contributed by atoms with Crippen LogP contribution in [0.1, 0.15) is 28.7 Å². The van der Waals surface area contributed by atoms with E-state index in [4.69, 9.17) is 23.2 Å². The zero-order chi connectivity index (χ0) is 18.0. The van der Waals surface area contributed by atoms with Crippen LogP contribution >= 0.6 is 23.2 Å². The molecule has 3 aromatic rings. The van der Waals surface area contributed by atoms with Crippen LogP contribution in [0.2, 0.25) is 10.0 Å². The highest BCUT2D eigenvalue weighted by Crippen LogP contribution is 2.20. The van der Waals surface area contributed by atoms with E-state index in [0.717, 1.165) is 23.4 Å². The quantitative estimate of drug-likeness (QED) is 0.542. The van der Waals surface area contributed by atoms with Gasteiger partial charge in [-0.15, -0.1) is 0 Å². The Hall–Kier alpha value is -2.37. The van der Waals surface area contributed by atoms with E-state index in [1.165, 1.54) is 6.21 Å². The van der Waals surface area contributed by atoms with Gasteiger partial charge < -0.3 is 4.57 Å². The third-order valence-corrected chi connectivity index (χ3v) is 4.41. The van der Waals surface area contributed by atoms with E-state index in [2.05, 4.69) is 27.0 Å². The van der Waals surface area contributed by atoms with Gasteiger partial charge >= 0.3 is 0 Å². The Bertz CT molecular complexity index is 979. The molecule has 0 atom stereocenters. The summed E-state index contributed by atoms with van der Waals surface area (Å²) in [4.78, 5) is 16.8. The molecule has 128 valence electrons. The topological polar surface area (TPSA) is 59.3 Å². The Kier molecular flexibility index (Phi) is 5.06. The summed E-state index contributed by atoms with van der Waals surface area (Å²) >= 11 is 11.9. The summed E-state index contributed by atoms with van der Waals surface area (Å²) in [5, 5.41) is 4.96. The zero-order valence-corrected chi connectivity index (χ0v) is 15.3. The molecule has 0 aliphatic heterocycles. The van der Waals surface area contributed by atoms with Crippen molar-refractivity contribution in [3.05, 3.63) is 63.4 Å². The van der Waals surface area contributed by atoms with Gasteiger partial charge in [0.2, 0.25) is 0 Å². The molecule has 0 saturated carbocycles. The summed E-state index contributed by atoms with van der Waals surface area (Å²) in [5.41, 5.74) is 5.45. The van der Waals surface area contributed by atoms with Crippen molar-refractivity contribution in [2.45, 2.75) is 20.4 Å². The van der Waals surface area contributed by atoms with Gasteiger partial charge in [-0.05, 0) is 44.2 Å². The molecule has 1 aromatic heterocycles. The number of rotatable bonds is 4. The Morgan fingerprint density at radius 2 is 2.08 bits per heavy atom. The van der Waals surface area contributed by atoms with Gasteiger partial charge in [-0.1, -0.05) is 29.3 Å². The Morgan fingerprint density at radius 1 is 1.28 bits per heavy atom. The third kappa shape index (κ3) is 3.67. The number of amides is 1. The van der Waals surface area contributed by atoms with E-state index in [-0.39, 0.29) is 5.91 Å². The third-order valence-electron chi connectivity index (χ3n) is 3.85. The Balaban J connectivity index is 1.77. The number of aromatic nitrogens is 2. The van der Waals surface area contributed by atoms with Crippen molar-refractivity contribution in [3.8, 4) is 0 Å². The molecule has 0 saturated heterocycles. The maximum absolute atomic E-state index is 12.3. The minimum absolute atomic E-state index is 0.313. The molecule has 5 nitrogen and oxygen atoms in total. The Labute approximate surface area is 155 Å². The summed E-state index contributed by atoms with van der Waals surface area (Å²) < 4.78 is 2.09. The van der Waals surface area contributed by atoms with Crippen molar-refractivity contribution in [1.29, 1.82) is 0 Å². The lowest BCUT2D eigenvalue weighted by molar-refractivity contribution is 0.0955. The predicted octanol–water partition coefficient (Wildman–Crippen LogP) is 4.44. The molecular weight excluding hydrogens is 359 g/mol. The minimum Gasteiger partial charge on any atom is -0.329 e. The average molecular weight is 375 g/mol. The van der Waals surface area contributed by atoms with Gasteiger partial charge in [0.15, 0.2) is 0 Å². The van der Waals surface area contributed by atoms with Crippen LogP contribution < -0.4 is 5.43 Å². The van der Waals surface area contributed by atoms with E-state index in [9.17, 15) is 4.79 Å². The standard InChI is InChI=1S/C18H16Cl2N4O/c1-3-24-11(2)22-16-8-12(5-7-17(16)24)18(25)23-21-10-13-4-6-14(19)9-15(13)20/h4-10H,3H2,1-2H3,(H,23,25)/b21-10+. The minimum atomic E-state index is -0.313. The molecule has 7 heteroatoms. The van der Waals surface area contributed by atoms with Crippen molar-refractivity contribution in [3.63, 3.8) is 0 Å². The molecule has 3 rings (SSSR count). The highest BCUT2D eigenvalue weighted by molar-refractivity contribution is 6.36. The van der Waals surface area contributed by atoms with Gasteiger partial charge in [0.25, 0.3) is 5.91 Å². The van der Waals surface area contributed by atoms with Crippen LogP contribution in [-0.2, 0) is 6.54 Å². The summed E-state index contributed by atoms with van der Waals surface area (Å²) in [6, 6.07) is 10.5. The van der Waals surface area contributed by atoms with Crippen LogP contribution in [0.3, 0.4) is 0 Å². The van der Waals surface area contributed by atoms with Crippen LogP contribution in [0.4, 0.5) is 0 Å². The molecule has 0 bridgehead atoms. The summed E-state index contributed by atoms with van der Waals surface area (Å²) in [6.45, 7) is 4.84. The average Bonchev–Trinajstić information content (AvgIpc) is 2.90. The molecule has 2 aromatic carbocycles. The largest absolute Gasteiger partial charge is 0.329 e. The summed E-state index contributed by atoms with van der Waals surface area (Å²) in [7, 11) is 0. The SMILES string of the molecule is CCn1c(C)nc2cc(C(=O)N/N=C/c3ccc(Cl)cc3Cl)ccc21. The van der Waals surface area contributed by atoms with Crippen molar-refractivity contribution in [2.24, 2.45) is 5.10 Å². The van der Waals surface area contributed by atoms with Crippen LogP contribution in [0, 0.1) is 6.92 Å². The fourth-order valence-electron chi connectivity index (χ4n) is 2.62. The fraction of sp³-hybridized carbons (Fsp3) is 0.167. The van der Waals surface area contributed by atoms with Crippen LogP contribution in [0.15, 0.2) is 41.5 Å². The lowest BCUT2D eigenvalue weighted by atomic mass is 10.2. The summed E-state index contributed by atoms with van der Waals surface area (Å²) in [6.07, 6.45) is 1.48. The van der Waals surface area contributed by atoms with Crippen molar-refractivity contribution < 1.29 is 4.79 Å². The maximum atomic E-state index is 12.3. The summed E-state index contributed by atoms with van der Waals surface area (Å²) in [5.74, 6) is 0.609. The molecule has 1 N–H and O–H groups in total. The first-order chi connectivity index (χ1) is 12.0. The fourth-order valence-corrected chi connectivity index (χ4v) is 3.08. The monoisotopic (exact) mass is 374 g/mol. The van der Waals surface area contributed by atoms with Gasteiger partial charge in [0.05, 0.1) is 22.3 Å². The number of hydrazone groups is 1. The van der Waals surface area contributed by atoms with Gasteiger partial charge in [-0.2, -0.15) is 5.10 Å². The first-order valence-corrected chi connectivity index (χ1v) is 8.50. The van der Waals surface area contributed by atoms with Crippen LogP contribution in [0.25, 0.3) is 11.0 Å². The molecule has 0 fully saturated rings. The van der Waals surface area contributed by atoms with E-state index in [1.807, 2.05) is 13.0 Å². The van der Waals surface area contributed by atoms with Crippen molar-refractivity contribution >= 4 is 46.4 Å². The number of nitrogens with zero attached hydrogens (tertiary/aromatic N) is 3. The van der Waals surface area contributed by atoms with Crippen molar-refractivity contribution in [1.82, 2.24) is 15.0 Å². The number of hydrogen-bond acceptors (Lipinski definition) is 3. The smallest absolute Gasteiger partial charge is 0.271 e. The second kappa shape index (κ2) is 7.25. The van der Waals surface area contributed by atoms with E-state index in [1.54, 1.807) is 30.3 Å². The molecule has 0 aliphatic carbocycles. The number of nitrogens with one attached hydrogen (secondary N) is 1. The van der Waals surface area contributed by atoms with Gasteiger partial charge in [-0.25, -0.2) is 10.4 Å². The molecule has 0 radical (unpaired) electrons. The van der Waals surface area contributed by atoms with Crippen molar-refractivity contribution in [2.75, 3.05) is 0 Å². The normalized spacial score (nSPS) is 11.4. The van der Waals surface area contributed by atoms with Crippen LogP contribution in [0.5, 0.6) is 0 Å². The van der Waals surface area contributed by atoms with Gasteiger partial charge in [0, 0.05) is 22.7 Å². The predicted molar refractivity (Wildman–Crippen MR) is 102 cm³/mol. The van der Waals surface area contributed by atoms with E-state index >= 15 is 0 Å². The zero-order valence-electron chi connectivity index (χ0n) is 13.8. The van der Waals surface area contributed by atoms with E-state index in [0.29, 0.717) is 21.2 Å². The van der Waals surface area contributed by atoms with Gasteiger partial charge in [-0.3, -0.25) is 4.79 Å². The highest BCUT2D eigenvalue weighted by atomic mass is 35.5. The number of halogens is 2. The lowest BCUT2D eigenvalue weighted by Crippen LogP contribution is -2.17. The number of hydrogen-bond donors (Lipinski definition) is 1. The maximum Gasteiger partial charge on any atom is 0.271 e. The molecular formula is C18H16Cl2N4O. The first-order valence-electron chi connectivity index (χ1n) is 7.75. The number of aryl methyl sites for hydroxylation is 2. The van der Waals surface area contributed by atoms with E-state index < -0.39 is 0 Å². The molecule has 1 heterocycles. The Morgan fingerprint density at radius 3 is 2.80 bits per heavy atom. The molecule has 1 amide bonds.